The van der Waals surface area contributed by atoms with Crippen LogP contribution in [0.2, 0.25) is 10.0 Å². The molecule has 1 heterocycles. The zero-order valence-corrected chi connectivity index (χ0v) is 22.7. The van der Waals surface area contributed by atoms with Gasteiger partial charge in [0.15, 0.2) is 0 Å². The van der Waals surface area contributed by atoms with Gasteiger partial charge in [-0.15, -0.1) is 6.58 Å². The molecule has 1 aliphatic carbocycles. The van der Waals surface area contributed by atoms with E-state index in [-0.39, 0.29) is 23.9 Å². The quantitative estimate of drug-likeness (QED) is 0.334. The van der Waals surface area contributed by atoms with E-state index in [1.54, 1.807) is 0 Å². The minimum absolute atomic E-state index is 0.00318. The Labute approximate surface area is 222 Å². The molecule has 0 bridgehead atoms. The van der Waals surface area contributed by atoms with Gasteiger partial charge in [-0.3, -0.25) is 4.79 Å². The molecule has 4 atom stereocenters. The number of carbonyl (C=O) groups is 1. The van der Waals surface area contributed by atoms with E-state index < -0.39 is 11.0 Å². The highest BCUT2D eigenvalue weighted by molar-refractivity contribution is 7.83. The molecule has 2 aromatic carbocycles. The first-order valence-corrected chi connectivity index (χ1v) is 14.5. The van der Waals surface area contributed by atoms with Crippen molar-refractivity contribution < 1.29 is 9.00 Å². The SMILES string of the molecule is C=CC[C@H]1CC[C@@H](c2ccc(Cl)cc2)N(C(CNS(=O)CCC)C2CC2)C1=O.Clc1ccccc1. The number of likely N-dealkylation sites (tertiary alicyclic amines) is 1. The second-order valence-electron chi connectivity index (χ2n) is 9.21. The van der Waals surface area contributed by atoms with E-state index >= 15 is 0 Å². The van der Waals surface area contributed by atoms with Gasteiger partial charge in [-0.05, 0) is 74.3 Å². The highest BCUT2D eigenvalue weighted by Crippen LogP contribution is 2.43. The monoisotopic (exact) mass is 534 g/mol. The van der Waals surface area contributed by atoms with Crippen LogP contribution in [-0.4, -0.2) is 33.4 Å². The lowest BCUT2D eigenvalue weighted by Gasteiger charge is -2.44. The smallest absolute Gasteiger partial charge is 0.226 e. The fraction of sp³-hybridized carbons (Fsp3) is 0.464. The molecule has 1 N–H and O–H groups in total. The molecule has 2 unspecified atom stereocenters. The molecule has 2 aliphatic rings. The Hall–Kier alpha value is -1.66. The number of nitrogens with zero attached hydrogens (tertiary/aromatic N) is 1. The van der Waals surface area contributed by atoms with Crippen LogP contribution in [0.15, 0.2) is 67.3 Å². The summed E-state index contributed by atoms with van der Waals surface area (Å²) in [5.41, 5.74) is 1.13. The second kappa shape index (κ2) is 14.2. The van der Waals surface area contributed by atoms with E-state index in [1.165, 1.54) is 0 Å². The number of halogens is 2. The van der Waals surface area contributed by atoms with Crippen LogP contribution in [-0.2, 0) is 15.8 Å². The topological polar surface area (TPSA) is 49.4 Å². The molecule has 190 valence electrons. The molecule has 1 saturated heterocycles. The summed E-state index contributed by atoms with van der Waals surface area (Å²) in [6.45, 7) is 6.46. The van der Waals surface area contributed by atoms with Gasteiger partial charge in [-0.25, -0.2) is 8.93 Å². The first-order chi connectivity index (χ1) is 16.9. The molecular formula is C28H36Cl2N2O2S. The number of hydrogen-bond donors (Lipinski definition) is 1. The highest BCUT2D eigenvalue weighted by Gasteiger charge is 2.44. The molecule has 1 amide bonds. The summed E-state index contributed by atoms with van der Waals surface area (Å²) in [4.78, 5) is 15.6. The molecular weight excluding hydrogens is 499 g/mol. The summed E-state index contributed by atoms with van der Waals surface area (Å²) < 4.78 is 15.4. The molecule has 4 rings (SSSR count). The Morgan fingerprint density at radius 3 is 2.26 bits per heavy atom. The van der Waals surface area contributed by atoms with Crippen LogP contribution in [0.4, 0.5) is 0 Å². The van der Waals surface area contributed by atoms with Gasteiger partial charge in [0.1, 0.15) is 0 Å². The highest BCUT2D eigenvalue weighted by atomic mass is 35.5. The Bertz CT molecular complexity index is 967. The standard InChI is InChI=1S/C22H31ClN2O2S.C6H5Cl/c1-3-5-18-10-13-20(16-8-11-19(23)12-9-16)25(22(18)26)21(17-6-7-17)15-24-28(27)14-4-2;7-6-4-2-1-3-5-6/h3,8-9,11-12,17-18,20-21,24H,1,4-7,10,13-15H2,2H3;1-5H/t18-,20-,21?,28?;/m0./s1. The molecule has 1 aliphatic heterocycles. The zero-order valence-electron chi connectivity index (χ0n) is 20.4. The lowest BCUT2D eigenvalue weighted by atomic mass is 9.85. The van der Waals surface area contributed by atoms with Gasteiger partial charge in [-0.2, -0.15) is 0 Å². The summed E-state index contributed by atoms with van der Waals surface area (Å²) in [5.74, 6) is 1.35. The van der Waals surface area contributed by atoms with Crippen molar-refractivity contribution in [3.05, 3.63) is 82.9 Å². The van der Waals surface area contributed by atoms with Crippen molar-refractivity contribution >= 4 is 40.1 Å². The van der Waals surface area contributed by atoms with Crippen molar-refractivity contribution in [2.24, 2.45) is 11.8 Å². The fourth-order valence-corrected chi connectivity index (χ4v) is 5.78. The average Bonchev–Trinajstić information content (AvgIpc) is 3.69. The molecule has 0 spiro atoms. The lowest BCUT2D eigenvalue weighted by Crippen LogP contribution is -2.53. The van der Waals surface area contributed by atoms with Gasteiger partial charge in [0.25, 0.3) is 0 Å². The van der Waals surface area contributed by atoms with Gasteiger partial charge in [0.2, 0.25) is 5.91 Å². The molecule has 0 aromatic heterocycles. The summed E-state index contributed by atoms with van der Waals surface area (Å²) in [5, 5.41) is 1.50. The van der Waals surface area contributed by atoms with Gasteiger partial charge in [0.05, 0.1) is 17.0 Å². The largest absolute Gasteiger partial charge is 0.331 e. The summed E-state index contributed by atoms with van der Waals surface area (Å²) >= 11 is 11.6. The number of allylic oxidation sites excluding steroid dienone is 1. The van der Waals surface area contributed by atoms with E-state index in [1.807, 2.05) is 67.6 Å². The number of nitrogens with one attached hydrogen (secondary N) is 1. The molecule has 35 heavy (non-hydrogen) atoms. The Balaban J connectivity index is 0.000000420. The van der Waals surface area contributed by atoms with Crippen LogP contribution >= 0.6 is 23.2 Å². The lowest BCUT2D eigenvalue weighted by molar-refractivity contribution is -0.145. The molecule has 2 aromatic rings. The predicted molar refractivity (Wildman–Crippen MR) is 148 cm³/mol. The Morgan fingerprint density at radius 1 is 1.06 bits per heavy atom. The van der Waals surface area contributed by atoms with Crippen LogP contribution in [0.3, 0.4) is 0 Å². The first-order valence-electron chi connectivity index (χ1n) is 12.5. The van der Waals surface area contributed by atoms with Crippen molar-refractivity contribution in [2.45, 2.75) is 57.5 Å². The maximum atomic E-state index is 13.5. The van der Waals surface area contributed by atoms with E-state index in [9.17, 15) is 9.00 Å². The molecule has 7 heteroatoms. The first kappa shape index (κ1) is 27.9. The third-order valence-corrected chi connectivity index (χ3v) is 8.31. The normalized spacial score (nSPS) is 21.6. The van der Waals surface area contributed by atoms with Crippen LogP contribution in [0.1, 0.15) is 57.1 Å². The van der Waals surface area contributed by atoms with Crippen LogP contribution in [0.5, 0.6) is 0 Å². The summed E-state index contributed by atoms with van der Waals surface area (Å²) in [6.07, 6.45) is 7.53. The van der Waals surface area contributed by atoms with Crippen molar-refractivity contribution in [1.82, 2.24) is 9.62 Å². The summed E-state index contributed by atoms with van der Waals surface area (Å²) in [7, 11) is -1.04. The van der Waals surface area contributed by atoms with Crippen LogP contribution in [0.25, 0.3) is 0 Å². The van der Waals surface area contributed by atoms with Gasteiger partial charge < -0.3 is 4.90 Å². The van der Waals surface area contributed by atoms with E-state index in [0.29, 0.717) is 23.2 Å². The summed E-state index contributed by atoms with van der Waals surface area (Å²) in [6, 6.07) is 17.5. The van der Waals surface area contributed by atoms with E-state index in [4.69, 9.17) is 23.2 Å². The maximum Gasteiger partial charge on any atom is 0.226 e. The number of rotatable bonds is 10. The second-order valence-corrected chi connectivity index (χ2v) is 11.5. The van der Waals surface area contributed by atoms with Crippen molar-refractivity contribution in [3.63, 3.8) is 0 Å². The molecule has 0 radical (unpaired) electrons. The fourth-order valence-electron chi connectivity index (χ4n) is 4.64. The minimum Gasteiger partial charge on any atom is -0.331 e. The number of amides is 1. The Kier molecular flexibility index (Phi) is 11.3. The van der Waals surface area contributed by atoms with Crippen LogP contribution in [0, 0.1) is 11.8 Å². The number of benzene rings is 2. The molecule has 1 saturated carbocycles. The van der Waals surface area contributed by atoms with Crippen LogP contribution < -0.4 is 4.72 Å². The van der Waals surface area contributed by atoms with E-state index in [0.717, 1.165) is 49.1 Å². The Morgan fingerprint density at radius 2 is 1.71 bits per heavy atom. The predicted octanol–water partition coefficient (Wildman–Crippen LogP) is 6.98. The van der Waals surface area contributed by atoms with Gasteiger partial charge in [-0.1, -0.05) is 66.5 Å². The molecule has 4 nitrogen and oxygen atoms in total. The van der Waals surface area contributed by atoms with Crippen molar-refractivity contribution in [3.8, 4) is 0 Å². The molecule has 2 fully saturated rings. The van der Waals surface area contributed by atoms with Crippen molar-refractivity contribution in [2.75, 3.05) is 12.3 Å². The maximum absolute atomic E-state index is 13.5. The number of piperidine rings is 1. The number of carbonyl (C=O) groups excluding carboxylic acids is 1. The van der Waals surface area contributed by atoms with Crippen molar-refractivity contribution in [1.29, 1.82) is 0 Å². The minimum atomic E-state index is -1.04. The number of hydrogen-bond acceptors (Lipinski definition) is 2. The third kappa shape index (κ3) is 8.45. The van der Waals surface area contributed by atoms with E-state index in [2.05, 4.69) is 16.2 Å². The van der Waals surface area contributed by atoms with Gasteiger partial charge >= 0.3 is 0 Å². The third-order valence-electron chi connectivity index (χ3n) is 6.53. The van der Waals surface area contributed by atoms with Gasteiger partial charge in [0, 0.05) is 34.3 Å². The zero-order chi connectivity index (χ0) is 25.2. The average molecular weight is 536 g/mol.